The molecular weight excluding hydrogens is 414 g/mol. The summed E-state index contributed by atoms with van der Waals surface area (Å²) < 4.78 is 3.58. The van der Waals surface area contributed by atoms with E-state index in [1.807, 2.05) is 60.9 Å². The fourth-order valence-corrected chi connectivity index (χ4v) is 4.04. The summed E-state index contributed by atoms with van der Waals surface area (Å²) in [6, 6.07) is 16.7. The molecule has 0 aliphatic rings. The number of amidine groups is 2. The van der Waals surface area contributed by atoms with Crippen molar-refractivity contribution in [2.24, 2.45) is 11.5 Å². The summed E-state index contributed by atoms with van der Waals surface area (Å²) in [4.78, 5) is 18.3. The number of benzene rings is 2. The molecule has 0 aliphatic carbocycles. The number of hydrogen-bond acceptors (Lipinski definition) is 4. The number of pyridine rings is 1. The van der Waals surface area contributed by atoms with Crippen LogP contribution in [0, 0.1) is 10.8 Å². The summed E-state index contributed by atoms with van der Waals surface area (Å²) in [5.41, 5.74) is 15.4. The number of hydrogen-bond donors (Lipinski definition) is 4. The Balaban J connectivity index is 1.84. The van der Waals surface area contributed by atoms with E-state index in [0.29, 0.717) is 35.2 Å². The van der Waals surface area contributed by atoms with Crippen LogP contribution < -0.4 is 17.0 Å². The highest BCUT2D eigenvalue weighted by Crippen LogP contribution is 2.22. The van der Waals surface area contributed by atoms with Crippen molar-refractivity contribution in [3.63, 3.8) is 0 Å². The van der Waals surface area contributed by atoms with Crippen LogP contribution in [0.15, 0.2) is 65.6 Å². The van der Waals surface area contributed by atoms with E-state index in [-0.39, 0.29) is 23.1 Å². The number of fused-ring (bicyclic) bond motifs is 1. The van der Waals surface area contributed by atoms with Gasteiger partial charge in [-0.1, -0.05) is 56.3 Å². The molecule has 0 aliphatic heterocycles. The number of nitrogens with two attached hydrogens (primary N) is 2. The molecule has 0 saturated heterocycles. The second kappa shape index (κ2) is 8.74. The van der Waals surface area contributed by atoms with Gasteiger partial charge in [-0.05, 0) is 23.3 Å². The van der Waals surface area contributed by atoms with E-state index in [1.54, 1.807) is 22.9 Å². The van der Waals surface area contributed by atoms with Gasteiger partial charge in [-0.3, -0.25) is 15.6 Å². The monoisotopic (exact) mass is 441 g/mol. The average Bonchev–Trinajstić information content (AvgIpc) is 3.15. The number of nitrogens with zero attached hydrogens (tertiary/aromatic N) is 3. The maximum Gasteiger partial charge on any atom is 0.277 e. The van der Waals surface area contributed by atoms with Crippen LogP contribution in [-0.2, 0) is 13.1 Å². The minimum absolute atomic E-state index is 0.00270. The SMILES string of the molecule is CC(C)c1nc2ccn(Cc3ccccc3C(=N)N)c(=O)c2n1Cc1cccc(C(=N)N)c1. The Morgan fingerprint density at radius 2 is 1.76 bits per heavy atom. The van der Waals surface area contributed by atoms with E-state index in [1.165, 1.54) is 0 Å². The number of imidazole rings is 1. The fraction of sp³-hybridized carbons (Fsp3) is 0.200. The summed E-state index contributed by atoms with van der Waals surface area (Å²) in [7, 11) is 0. The third-order valence-corrected chi connectivity index (χ3v) is 5.64. The quantitative estimate of drug-likeness (QED) is 0.258. The molecular formula is C25H27N7O. The maximum atomic E-state index is 13.6. The first-order valence-corrected chi connectivity index (χ1v) is 10.7. The molecule has 0 amide bonds. The smallest absolute Gasteiger partial charge is 0.277 e. The lowest BCUT2D eigenvalue weighted by Gasteiger charge is -2.14. The summed E-state index contributed by atoms with van der Waals surface area (Å²) in [6.45, 7) is 4.83. The Labute approximate surface area is 191 Å². The van der Waals surface area contributed by atoms with E-state index in [2.05, 4.69) is 0 Å². The average molecular weight is 442 g/mol. The molecule has 0 bridgehead atoms. The van der Waals surface area contributed by atoms with E-state index in [4.69, 9.17) is 27.3 Å². The Hall–Kier alpha value is -4.20. The third kappa shape index (κ3) is 4.27. The highest BCUT2D eigenvalue weighted by atomic mass is 16.1. The number of nitrogen functional groups attached to an aromatic ring is 2. The van der Waals surface area contributed by atoms with Crippen molar-refractivity contribution in [3.05, 3.63) is 99.2 Å². The van der Waals surface area contributed by atoms with E-state index >= 15 is 0 Å². The minimum atomic E-state index is -0.159. The van der Waals surface area contributed by atoms with Crippen LogP contribution in [0.5, 0.6) is 0 Å². The lowest BCUT2D eigenvalue weighted by molar-refractivity contribution is 0.677. The van der Waals surface area contributed by atoms with Crippen LogP contribution in [0.3, 0.4) is 0 Å². The van der Waals surface area contributed by atoms with E-state index in [9.17, 15) is 4.79 Å². The summed E-state index contributed by atoms with van der Waals surface area (Å²) >= 11 is 0. The van der Waals surface area contributed by atoms with Gasteiger partial charge in [0.2, 0.25) is 0 Å². The van der Waals surface area contributed by atoms with Gasteiger partial charge in [-0.15, -0.1) is 0 Å². The number of rotatable bonds is 7. The van der Waals surface area contributed by atoms with Crippen molar-refractivity contribution >= 4 is 22.7 Å². The van der Waals surface area contributed by atoms with E-state index < -0.39 is 0 Å². The molecule has 0 spiro atoms. The normalized spacial score (nSPS) is 11.2. The Morgan fingerprint density at radius 1 is 1.00 bits per heavy atom. The first-order chi connectivity index (χ1) is 15.8. The molecule has 8 heteroatoms. The second-order valence-corrected chi connectivity index (χ2v) is 8.38. The zero-order valence-electron chi connectivity index (χ0n) is 18.7. The fourth-order valence-electron chi connectivity index (χ4n) is 4.04. The van der Waals surface area contributed by atoms with E-state index in [0.717, 1.165) is 17.0 Å². The van der Waals surface area contributed by atoms with Gasteiger partial charge < -0.3 is 20.6 Å². The molecule has 0 radical (unpaired) electrons. The number of aromatic nitrogens is 3. The van der Waals surface area contributed by atoms with Gasteiger partial charge in [0.15, 0.2) is 0 Å². The highest BCUT2D eigenvalue weighted by Gasteiger charge is 2.18. The molecule has 4 rings (SSSR count). The Bertz CT molecular complexity index is 1430. The second-order valence-electron chi connectivity index (χ2n) is 8.38. The van der Waals surface area contributed by atoms with Crippen LogP contribution in [0.2, 0.25) is 0 Å². The Morgan fingerprint density at radius 3 is 2.45 bits per heavy atom. The van der Waals surface area contributed by atoms with Crippen molar-refractivity contribution in [2.45, 2.75) is 32.9 Å². The standard InChI is InChI=1S/C25H27N7O/c1-15(2)24-30-20-10-11-31(14-18-7-3-4-9-19(18)23(28)29)25(33)21(20)32(24)13-16-6-5-8-17(12-16)22(26)27/h3-12,15H,13-14H2,1-2H3,(H3,26,27)(H3,28,29). The molecule has 168 valence electrons. The summed E-state index contributed by atoms with van der Waals surface area (Å²) in [5, 5.41) is 15.6. The van der Waals surface area contributed by atoms with Gasteiger partial charge in [-0.2, -0.15) is 0 Å². The third-order valence-electron chi connectivity index (χ3n) is 5.64. The van der Waals surface area contributed by atoms with Crippen molar-refractivity contribution in [3.8, 4) is 0 Å². The largest absolute Gasteiger partial charge is 0.384 e. The van der Waals surface area contributed by atoms with Gasteiger partial charge in [0.25, 0.3) is 5.56 Å². The van der Waals surface area contributed by atoms with Crippen molar-refractivity contribution in [2.75, 3.05) is 0 Å². The highest BCUT2D eigenvalue weighted by molar-refractivity contribution is 5.96. The summed E-state index contributed by atoms with van der Waals surface area (Å²) in [6.07, 6.45) is 1.74. The molecule has 0 fully saturated rings. The lowest BCUT2D eigenvalue weighted by atomic mass is 10.1. The molecule has 6 N–H and O–H groups in total. The van der Waals surface area contributed by atoms with Crippen LogP contribution in [0.1, 0.15) is 47.8 Å². The van der Waals surface area contributed by atoms with Gasteiger partial charge in [0.05, 0.1) is 12.1 Å². The molecule has 2 aromatic heterocycles. The first kappa shape index (κ1) is 22.0. The van der Waals surface area contributed by atoms with Crippen LogP contribution in [-0.4, -0.2) is 25.8 Å². The van der Waals surface area contributed by atoms with Gasteiger partial charge in [0, 0.05) is 29.8 Å². The van der Waals surface area contributed by atoms with Gasteiger partial charge >= 0.3 is 0 Å². The minimum Gasteiger partial charge on any atom is -0.384 e. The predicted octanol–water partition coefficient (Wildman–Crippen LogP) is 2.99. The van der Waals surface area contributed by atoms with Crippen molar-refractivity contribution in [1.29, 1.82) is 10.8 Å². The van der Waals surface area contributed by atoms with Crippen LogP contribution in [0.25, 0.3) is 11.0 Å². The molecule has 4 aromatic rings. The predicted molar refractivity (Wildman–Crippen MR) is 131 cm³/mol. The zero-order valence-corrected chi connectivity index (χ0v) is 18.7. The van der Waals surface area contributed by atoms with Gasteiger partial charge in [0.1, 0.15) is 23.0 Å². The molecule has 0 unspecified atom stereocenters. The van der Waals surface area contributed by atoms with Gasteiger partial charge in [-0.25, -0.2) is 4.98 Å². The topological polar surface area (TPSA) is 140 Å². The first-order valence-electron chi connectivity index (χ1n) is 10.7. The maximum absolute atomic E-state index is 13.6. The molecule has 33 heavy (non-hydrogen) atoms. The number of nitrogens with one attached hydrogen (secondary N) is 2. The molecule has 2 heterocycles. The molecule has 8 nitrogen and oxygen atoms in total. The molecule has 2 aromatic carbocycles. The Kier molecular flexibility index (Phi) is 5.83. The lowest BCUT2D eigenvalue weighted by Crippen LogP contribution is -2.24. The molecule has 0 saturated carbocycles. The molecule has 0 atom stereocenters. The van der Waals surface area contributed by atoms with Crippen molar-refractivity contribution in [1.82, 2.24) is 14.1 Å². The van der Waals surface area contributed by atoms with Crippen molar-refractivity contribution < 1.29 is 0 Å². The van der Waals surface area contributed by atoms with Crippen LogP contribution in [0.4, 0.5) is 0 Å². The summed E-state index contributed by atoms with van der Waals surface area (Å²) in [5.74, 6) is 0.900. The van der Waals surface area contributed by atoms with Crippen LogP contribution >= 0.6 is 0 Å². The zero-order chi connectivity index (χ0) is 23.7.